The Kier molecular flexibility index (Phi) is 4.83. The second kappa shape index (κ2) is 6.14. The lowest BCUT2D eigenvalue weighted by atomic mass is 10.2. The van der Waals surface area contributed by atoms with E-state index in [9.17, 15) is 13.2 Å². The normalized spacial score (nSPS) is 10.9. The fraction of sp³-hybridized carbons (Fsp3) is 0.417. The molecule has 92 valence electrons. The van der Waals surface area contributed by atoms with Gasteiger partial charge < -0.3 is 4.74 Å². The van der Waals surface area contributed by atoms with Gasteiger partial charge in [-0.25, -0.2) is 0 Å². The van der Waals surface area contributed by atoms with Crippen molar-refractivity contribution in [2.75, 3.05) is 6.61 Å². The van der Waals surface area contributed by atoms with Crippen molar-refractivity contribution in [2.45, 2.75) is 25.4 Å². The van der Waals surface area contributed by atoms with Crippen molar-refractivity contribution >= 4 is 0 Å². The second-order valence-electron chi connectivity index (χ2n) is 3.46. The molecule has 17 heavy (non-hydrogen) atoms. The molecule has 0 saturated heterocycles. The number of unbranched alkanes of at least 4 members (excludes halogenated alkanes) is 2. The first-order chi connectivity index (χ1) is 8.05. The Balaban J connectivity index is 2.56. The molecule has 0 N–H and O–H groups in total. The van der Waals surface area contributed by atoms with E-state index < -0.39 is 11.7 Å². The van der Waals surface area contributed by atoms with Crippen LogP contribution < -0.4 is 4.74 Å². The number of alkyl halides is 3. The van der Waals surface area contributed by atoms with Crippen LogP contribution in [0.3, 0.4) is 0 Å². The molecule has 0 atom stereocenters. The van der Waals surface area contributed by atoms with Crippen LogP contribution in [0.2, 0.25) is 0 Å². The molecule has 0 heterocycles. The predicted octanol–water partition coefficient (Wildman–Crippen LogP) is 3.78. The van der Waals surface area contributed by atoms with Crippen LogP contribution in [0.15, 0.2) is 24.3 Å². The van der Waals surface area contributed by atoms with Crippen molar-refractivity contribution in [3.05, 3.63) is 29.8 Å². The summed E-state index contributed by atoms with van der Waals surface area (Å²) in [4.78, 5) is 0. The third kappa shape index (κ3) is 4.35. The van der Waals surface area contributed by atoms with Gasteiger partial charge in [-0.15, -0.1) is 0 Å². The Hall–Kier alpha value is -1.70. The van der Waals surface area contributed by atoms with Crippen molar-refractivity contribution in [2.24, 2.45) is 0 Å². The summed E-state index contributed by atoms with van der Waals surface area (Å²) in [5.41, 5.74) is -0.764. The molecule has 0 aliphatic rings. The molecule has 0 bridgehead atoms. The quantitative estimate of drug-likeness (QED) is 0.737. The summed E-state index contributed by atoms with van der Waals surface area (Å²) in [6.07, 6.45) is -2.81. The number of benzene rings is 1. The summed E-state index contributed by atoms with van der Waals surface area (Å²) >= 11 is 0. The number of nitriles is 1. The molecule has 0 fully saturated rings. The van der Waals surface area contributed by atoms with Gasteiger partial charge in [0.05, 0.1) is 18.2 Å². The first kappa shape index (κ1) is 13.4. The monoisotopic (exact) mass is 243 g/mol. The molecule has 0 amide bonds. The summed E-state index contributed by atoms with van der Waals surface area (Å²) in [5.74, 6) is -0.156. The largest absolute Gasteiger partial charge is 0.493 e. The maximum absolute atomic E-state index is 12.6. The molecule has 0 unspecified atom stereocenters. The zero-order valence-corrected chi connectivity index (χ0v) is 9.13. The van der Waals surface area contributed by atoms with Crippen LogP contribution in [-0.4, -0.2) is 6.61 Å². The molecule has 0 aromatic heterocycles. The number of ether oxygens (including phenoxy) is 1. The minimum atomic E-state index is -4.40. The Morgan fingerprint density at radius 2 is 1.88 bits per heavy atom. The Morgan fingerprint density at radius 3 is 2.53 bits per heavy atom. The second-order valence-corrected chi connectivity index (χ2v) is 3.46. The highest BCUT2D eigenvalue weighted by Gasteiger charge is 2.33. The number of nitrogens with zero attached hydrogens (tertiary/aromatic N) is 1. The zero-order valence-electron chi connectivity index (χ0n) is 9.13. The van der Waals surface area contributed by atoms with Crippen LogP contribution in [0.1, 0.15) is 24.8 Å². The topological polar surface area (TPSA) is 33.0 Å². The third-order valence-electron chi connectivity index (χ3n) is 2.13. The summed E-state index contributed by atoms with van der Waals surface area (Å²) in [6.45, 7) is 0.189. The SMILES string of the molecule is N#CCCCCOc1ccccc1C(F)(F)F. The molecule has 1 aromatic carbocycles. The average Bonchev–Trinajstić information content (AvgIpc) is 2.28. The van der Waals surface area contributed by atoms with Gasteiger partial charge >= 0.3 is 6.18 Å². The van der Waals surface area contributed by atoms with Crippen molar-refractivity contribution in [1.29, 1.82) is 5.26 Å². The molecule has 0 spiro atoms. The lowest BCUT2D eigenvalue weighted by Crippen LogP contribution is -2.09. The highest BCUT2D eigenvalue weighted by atomic mass is 19.4. The van der Waals surface area contributed by atoms with Crippen LogP contribution >= 0.6 is 0 Å². The summed E-state index contributed by atoms with van der Waals surface area (Å²) in [5, 5.41) is 8.29. The van der Waals surface area contributed by atoms with Crippen molar-refractivity contribution < 1.29 is 17.9 Å². The van der Waals surface area contributed by atoms with E-state index in [2.05, 4.69) is 0 Å². The fourth-order valence-corrected chi connectivity index (χ4v) is 1.31. The van der Waals surface area contributed by atoms with E-state index in [1.54, 1.807) is 0 Å². The highest BCUT2D eigenvalue weighted by Crippen LogP contribution is 2.35. The van der Waals surface area contributed by atoms with Gasteiger partial charge in [0.1, 0.15) is 5.75 Å². The summed E-state index contributed by atoms with van der Waals surface area (Å²) in [6, 6.07) is 7.08. The van der Waals surface area contributed by atoms with Crippen molar-refractivity contribution in [3.63, 3.8) is 0 Å². The molecule has 0 aliphatic carbocycles. The molecule has 0 aliphatic heterocycles. The number of hydrogen-bond acceptors (Lipinski definition) is 2. The Morgan fingerprint density at radius 1 is 1.18 bits per heavy atom. The molecule has 2 nitrogen and oxygen atoms in total. The van der Waals surface area contributed by atoms with E-state index in [4.69, 9.17) is 10.00 Å². The fourth-order valence-electron chi connectivity index (χ4n) is 1.31. The van der Waals surface area contributed by atoms with Gasteiger partial charge in [-0.05, 0) is 25.0 Å². The van der Waals surface area contributed by atoms with E-state index in [-0.39, 0.29) is 12.4 Å². The Bertz CT molecular complexity index is 395. The van der Waals surface area contributed by atoms with Gasteiger partial charge in [0.25, 0.3) is 0 Å². The van der Waals surface area contributed by atoms with E-state index in [0.717, 1.165) is 6.07 Å². The van der Waals surface area contributed by atoms with Crippen LogP contribution in [0, 0.1) is 11.3 Å². The standard InChI is InChI=1S/C12H12F3NO/c13-12(14,15)10-6-2-3-7-11(10)17-9-5-1-4-8-16/h2-3,6-7H,1,4-5,9H2. The highest BCUT2D eigenvalue weighted by molar-refractivity contribution is 5.35. The predicted molar refractivity (Wildman–Crippen MR) is 56.4 cm³/mol. The molecule has 1 rings (SSSR count). The smallest absolute Gasteiger partial charge is 0.419 e. The van der Waals surface area contributed by atoms with Crippen molar-refractivity contribution in [3.8, 4) is 11.8 Å². The van der Waals surface area contributed by atoms with Gasteiger partial charge in [0, 0.05) is 6.42 Å². The van der Waals surface area contributed by atoms with Crippen LogP contribution in [-0.2, 0) is 6.18 Å². The average molecular weight is 243 g/mol. The van der Waals surface area contributed by atoms with Gasteiger partial charge in [0.2, 0.25) is 0 Å². The zero-order chi connectivity index (χ0) is 12.7. The van der Waals surface area contributed by atoms with Gasteiger partial charge in [-0.3, -0.25) is 0 Å². The molecule has 0 radical (unpaired) electrons. The van der Waals surface area contributed by atoms with E-state index in [0.29, 0.717) is 19.3 Å². The molecule has 0 saturated carbocycles. The minimum absolute atomic E-state index is 0.156. The van der Waals surface area contributed by atoms with Crippen LogP contribution in [0.25, 0.3) is 0 Å². The van der Waals surface area contributed by atoms with Gasteiger partial charge in [-0.2, -0.15) is 18.4 Å². The van der Waals surface area contributed by atoms with E-state index >= 15 is 0 Å². The first-order valence-corrected chi connectivity index (χ1v) is 5.21. The maximum Gasteiger partial charge on any atom is 0.419 e. The number of hydrogen-bond donors (Lipinski definition) is 0. The van der Waals surface area contributed by atoms with E-state index in [1.807, 2.05) is 6.07 Å². The number of halogens is 3. The Labute approximate surface area is 97.6 Å². The summed E-state index contributed by atoms with van der Waals surface area (Å²) < 4.78 is 42.7. The molecule has 5 heteroatoms. The maximum atomic E-state index is 12.6. The number of para-hydroxylation sites is 1. The lowest BCUT2D eigenvalue weighted by molar-refractivity contribution is -0.138. The molecular weight excluding hydrogens is 231 g/mol. The third-order valence-corrected chi connectivity index (χ3v) is 2.13. The summed E-state index contributed by atoms with van der Waals surface area (Å²) in [7, 11) is 0. The molecule has 1 aromatic rings. The van der Waals surface area contributed by atoms with Crippen molar-refractivity contribution in [1.82, 2.24) is 0 Å². The van der Waals surface area contributed by atoms with Gasteiger partial charge in [0.15, 0.2) is 0 Å². The minimum Gasteiger partial charge on any atom is -0.493 e. The molecular formula is C12H12F3NO. The first-order valence-electron chi connectivity index (χ1n) is 5.21. The van der Waals surface area contributed by atoms with Gasteiger partial charge in [-0.1, -0.05) is 12.1 Å². The lowest BCUT2D eigenvalue weighted by Gasteiger charge is -2.13. The van der Waals surface area contributed by atoms with Crippen LogP contribution in [0.5, 0.6) is 5.75 Å². The van der Waals surface area contributed by atoms with E-state index in [1.165, 1.54) is 18.2 Å². The number of rotatable bonds is 5. The van der Waals surface area contributed by atoms with Crippen LogP contribution in [0.4, 0.5) is 13.2 Å².